The number of rotatable bonds is 1. The highest BCUT2D eigenvalue weighted by Gasteiger charge is 2.48. The van der Waals surface area contributed by atoms with Crippen LogP contribution in [0.25, 0.3) is 10.9 Å². The maximum atomic E-state index is 12.6. The quantitative estimate of drug-likeness (QED) is 0.729. The van der Waals surface area contributed by atoms with Crippen molar-refractivity contribution in [2.45, 2.75) is 51.7 Å². The number of anilines is 1. The molecule has 0 saturated carbocycles. The van der Waals surface area contributed by atoms with Crippen LogP contribution in [-0.2, 0) is 9.47 Å². The van der Waals surface area contributed by atoms with Gasteiger partial charge in [-0.3, -0.25) is 4.90 Å². The number of carbonyl (C=O) groups excluding carboxylic acids is 2. The summed E-state index contributed by atoms with van der Waals surface area (Å²) in [6.07, 6.45) is 2.03. The van der Waals surface area contributed by atoms with Gasteiger partial charge in [0.05, 0.1) is 12.1 Å². The number of ether oxygens (including phenoxy) is 2. The molecule has 8 heteroatoms. The molecule has 0 radical (unpaired) electrons. The van der Waals surface area contributed by atoms with Crippen molar-refractivity contribution >= 4 is 28.8 Å². The summed E-state index contributed by atoms with van der Waals surface area (Å²) in [7, 11) is 0. The van der Waals surface area contributed by atoms with Crippen LogP contribution in [0.5, 0.6) is 0 Å². The molecule has 2 saturated heterocycles. The molecule has 29 heavy (non-hydrogen) atoms. The lowest BCUT2D eigenvalue weighted by molar-refractivity contribution is -0.0167. The number of carbonyl (C=O) groups is 2. The highest BCUT2D eigenvalue weighted by atomic mass is 16.6. The highest BCUT2D eigenvalue weighted by molar-refractivity contribution is 5.94. The summed E-state index contributed by atoms with van der Waals surface area (Å²) < 4.78 is 11.3. The summed E-state index contributed by atoms with van der Waals surface area (Å²) >= 11 is 0. The molecule has 1 aromatic heterocycles. The normalized spacial score (nSPS) is 19.0. The van der Waals surface area contributed by atoms with E-state index < -0.39 is 11.2 Å². The molecule has 8 nitrogen and oxygen atoms in total. The average Bonchev–Trinajstić information content (AvgIpc) is 2.97. The van der Waals surface area contributed by atoms with Crippen molar-refractivity contribution in [1.82, 2.24) is 14.9 Å². The number of aryl methyl sites for hydroxylation is 1. The number of fused-ring (bicyclic) bond motifs is 1. The molecule has 0 N–H and O–H groups in total. The Bertz CT molecular complexity index is 961. The van der Waals surface area contributed by atoms with Crippen LogP contribution in [0.2, 0.25) is 0 Å². The van der Waals surface area contributed by atoms with Gasteiger partial charge in [0.25, 0.3) is 0 Å². The summed E-state index contributed by atoms with van der Waals surface area (Å²) in [5, 5.41) is 0.915. The number of hydrogen-bond donors (Lipinski definition) is 0. The van der Waals surface area contributed by atoms with Crippen LogP contribution in [-0.4, -0.2) is 57.9 Å². The van der Waals surface area contributed by atoms with E-state index in [1.165, 1.54) is 6.33 Å². The van der Waals surface area contributed by atoms with Gasteiger partial charge in [0.1, 0.15) is 17.5 Å². The second-order valence-electron chi connectivity index (χ2n) is 8.77. The Kier molecular flexibility index (Phi) is 4.59. The molecule has 2 aliphatic heterocycles. The Morgan fingerprint density at radius 1 is 1.21 bits per heavy atom. The Hall–Kier alpha value is -2.90. The van der Waals surface area contributed by atoms with E-state index in [0.29, 0.717) is 32.5 Å². The number of aromatic nitrogens is 2. The third-order valence-corrected chi connectivity index (χ3v) is 5.43. The van der Waals surface area contributed by atoms with Crippen molar-refractivity contribution in [3.05, 3.63) is 30.2 Å². The second-order valence-corrected chi connectivity index (χ2v) is 8.77. The monoisotopic (exact) mass is 398 g/mol. The van der Waals surface area contributed by atoms with Gasteiger partial charge in [-0.25, -0.2) is 19.6 Å². The molecular weight excluding hydrogens is 372 g/mol. The van der Waals surface area contributed by atoms with Crippen LogP contribution in [0.1, 0.15) is 39.3 Å². The Balaban J connectivity index is 1.48. The zero-order valence-electron chi connectivity index (χ0n) is 17.3. The summed E-state index contributed by atoms with van der Waals surface area (Å²) in [5.74, 6) is 0. The molecule has 2 aliphatic rings. The van der Waals surface area contributed by atoms with Crippen LogP contribution in [0.3, 0.4) is 0 Å². The van der Waals surface area contributed by atoms with E-state index in [1.807, 2.05) is 45.9 Å². The largest absolute Gasteiger partial charge is 0.444 e. The number of piperidine rings is 1. The molecule has 1 spiro atoms. The summed E-state index contributed by atoms with van der Waals surface area (Å²) in [6, 6.07) is 5.70. The fourth-order valence-corrected chi connectivity index (χ4v) is 3.85. The summed E-state index contributed by atoms with van der Waals surface area (Å²) in [6.45, 7) is 8.94. The molecular formula is C21H26N4O4. The number of amides is 2. The molecule has 2 aromatic rings. The van der Waals surface area contributed by atoms with Crippen molar-refractivity contribution in [3.63, 3.8) is 0 Å². The lowest BCUT2D eigenvalue weighted by atomic mass is 9.91. The number of hydrogen-bond acceptors (Lipinski definition) is 6. The lowest BCUT2D eigenvalue weighted by Crippen LogP contribution is -2.49. The predicted molar refractivity (Wildman–Crippen MR) is 108 cm³/mol. The molecule has 0 unspecified atom stereocenters. The van der Waals surface area contributed by atoms with Gasteiger partial charge in [-0.05, 0) is 45.9 Å². The number of benzene rings is 1. The molecule has 0 atom stereocenters. The average molecular weight is 398 g/mol. The second kappa shape index (κ2) is 6.86. The van der Waals surface area contributed by atoms with Crippen molar-refractivity contribution in [2.24, 2.45) is 0 Å². The fraction of sp³-hybridized carbons (Fsp3) is 0.524. The van der Waals surface area contributed by atoms with Gasteiger partial charge >= 0.3 is 12.2 Å². The SMILES string of the molecule is Cc1ncnc2ccc(N3CC4(CCN(C(=O)OC(C)(C)C)CC4)OC3=O)cc12. The topological polar surface area (TPSA) is 84.9 Å². The standard InChI is InChI=1S/C21H26N4O4/c1-14-16-11-15(5-6-17(16)23-13-22-14)25-12-21(29-19(25)27)7-9-24(10-8-21)18(26)28-20(2,3)4/h5-6,11,13H,7-10,12H2,1-4H3. The van der Waals surface area contributed by atoms with Crippen molar-refractivity contribution in [3.8, 4) is 0 Å². The van der Waals surface area contributed by atoms with Crippen molar-refractivity contribution in [1.29, 1.82) is 0 Å². The first-order valence-electron chi connectivity index (χ1n) is 9.86. The van der Waals surface area contributed by atoms with E-state index in [2.05, 4.69) is 9.97 Å². The third-order valence-electron chi connectivity index (χ3n) is 5.43. The molecule has 2 fully saturated rings. The maximum absolute atomic E-state index is 12.6. The number of likely N-dealkylation sites (tertiary alicyclic amines) is 1. The smallest absolute Gasteiger partial charge is 0.415 e. The molecule has 0 bridgehead atoms. The van der Waals surface area contributed by atoms with Crippen LogP contribution in [0.15, 0.2) is 24.5 Å². The van der Waals surface area contributed by atoms with Gasteiger partial charge in [-0.15, -0.1) is 0 Å². The van der Waals surface area contributed by atoms with Gasteiger partial charge < -0.3 is 14.4 Å². The van der Waals surface area contributed by atoms with Crippen LogP contribution >= 0.6 is 0 Å². The molecule has 4 rings (SSSR count). The highest BCUT2D eigenvalue weighted by Crippen LogP contribution is 2.36. The molecule has 0 aliphatic carbocycles. The number of nitrogens with zero attached hydrogens (tertiary/aromatic N) is 4. The van der Waals surface area contributed by atoms with Gasteiger partial charge in [0.15, 0.2) is 0 Å². The Morgan fingerprint density at radius 3 is 2.62 bits per heavy atom. The first-order valence-corrected chi connectivity index (χ1v) is 9.86. The van der Waals surface area contributed by atoms with E-state index in [4.69, 9.17) is 9.47 Å². The summed E-state index contributed by atoms with van der Waals surface area (Å²) in [4.78, 5) is 36.8. The van der Waals surface area contributed by atoms with E-state index in [9.17, 15) is 9.59 Å². The third kappa shape index (κ3) is 3.83. The minimum Gasteiger partial charge on any atom is -0.444 e. The zero-order valence-corrected chi connectivity index (χ0v) is 17.3. The van der Waals surface area contributed by atoms with Crippen molar-refractivity contribution in [2.75, 3.05) is 24.5 Å². The lowest BCUT2D eigenvalue weighted by Gasteiger charge is -2.37. The van der Waals surface area contributed by atoms with Gasteiger partial charge in [0.2, 0.25) is 0 Å². The maximum Gasteiger partial charge on any atom is 0.415 e. The Labute approximate surface area is 169 Å². The first kappa shape index (κ1) is 19.4. The fourth-order valence-electron chi connectivity index (χ4n) is 3.85. The zero-order chi connectivity index (χ0) is 20.8. The first-order chi connectivity index (χ1) is 13.7. The molecule has 154 valence electrons. The van der Waals surface area contributed by atoms with Gasteiger partial charge in [-0.1, -0.05) is 0 Å². The van der Waals surface area contributed by atoms with Crippen LogP contribution in [0.4, 0.5) is 15.3 Å². The minimum atomic E-state index is -0.577. The van der Waals surface area contributed by atoms with Crippen molar-refractivity contribution < 1.29 is 19.1 Å². The molecule has 1 aromatic carbocycles. The molecule has 2 amide bonds. The van der Waals surface area contributed by atoms with E-state index >= 15 is 0 Å². The van der Waals surface area contributed by atoms with Crippen LogP contribution < -0.4 is 4.90 Å². The van der Waals surface area contributed by atoms with E-state index in [0.717, 1.165) is 22.3 Å². The minimum absolute atomic E-state index is 0.321. The summed E-state index contributed by atoms with van der Waals surface area (Å²) in [5.41, 5.74) is 1.37. The van der Waals surface area contributed by atoms with Gasteiger partial charge in [-0.2, -0.15) is 0 Å². The molecule has 3 heterocycles. The van der Waals surface area contributed by atoms with E-state index in [-0.39, 0.29) is 12.2 Å². The predicted octanol–water partition coefficient (Wildman–Crippen LogP) is 3.66. The van der Waals surface area contributed by atoms with E-state index in [1.54, 1.807) is 9.80 Å². The van der Waals surface area contributed by atoms with Gasteiger partial charge in [0, 0.05) is 42.7 Å². The van der Waals surface area contributed by atoms with Crippen LogP contribution in [0, 0.1) is 6.92 Å². The Morgan fingerprint density at radius 2 is 1.93 bits per heavy atom.